The summed E-state index contributed by atoms with van der Waals surface area (Å²) in [5.74, 6) is 0.259. The molecule has 0 atom stereocenters. The molecule has 0 spiro atoms. The molecule has 0 saturated heterocycles. The van der Waals surface area contributed by atoms with Crippen LogP contribution in [0.15, 0.2) is 42.5 Å². The Hall–Kier alpha value is -2.11. The average Bonchev–Trinajstić information content (AvgIpc) is 2.55. The number of hydrogen-bond acceptors (Lipinski definition) is 3. The summed E-state index contributed by atoms with van der Waals surface area (Å²) in [5, 5.41) is 3.14. The molecule has 6 heteroatoms. The number of ether oxygens (including phenoxy) is 1. The molecule has 134 valence electrons. The summed E-state index contributed by atoms with van der Waals surface area (Å²) in [6.07, 6.45) is 0. The van der Waals surface area contributed by atoms with E-state index in [-0.39, 0.29) is 24.8 Å². The molecule has 2 rings (SSSR count). The van der Waals surface area contributed by atoms with Crippen LogP contribution in [0, 0.1) is 12.7 Å². The van der Waals surface area contributed by atoms with E-state index in [1.165, 1.54) is 6.07 Å². The van der Waals surface area contributed by atoms with Crippen molar-refractivity contribution in [3.63, 3.8) is 0 Å². The number of likely N-dealkylation sites (N-methyl/N-ethyl adjacent to an activating group) is 1. The molecule has 0 aliphatic carbocycles. The summed E-state index contributed by atoms with van der Waals surface area (Å²) in [7, 11) is 1.74. The fraction of sp³-hybridized carbons (Fsp3) is 0.316. The van der Waals surface area contributed by atoms with Gasteiger partial charge < -0.3 is 10.1 Å². The van der Waals surface area contributed by atoms with Crippen molar-refractivity contribution in [1.82, 2.24) is 10.2 Å². The van der Waals surface area contributed by atoms with E-state index in [2.05, 4.69) is 5.32 Å². The van der Waals surface area contributed by atoms with Crippen LogP contribution in [0.4, 0.5) is 4.39 Å². The molecule has 2 aromatic carbocycles. The molecule has 0 radical (unpaired) electrons. The number of amides is 1. The van der Waals surface area contributed by atoms with E-state index in [0.717, 1.165) is 11.3 Å². The van der Waals surface area contributed by atoms with Crippen LogP contribution in [0.3, 0.4) is 0 Å². The monoisotopic (exact) mass is 364 g/mol. The van der Waals surface area contributed by atoms with Crippen molar-refractivity contribution in [1.29, 1.82) is 0 Å². The third kappa shape index (κ3) is 6.36. The molecule has 0 saturated carbocycles. The first-order valence-corrected chi connectivity index (χ1v) is 8.41. The second-order valence-corrected chi connectivity index (χ2v) is 6.29. The Morgan fingerprint density at radius 3 is 2.76 bits per heavy atom. The fourth-order valence-electron chi connectivity index (χ4n) is 2.37. The third-order valence-electron chi connectivity index (χ3n) is 3.59. The molecule has 4 nitrogen and oxygen atoms in total. The van der Waals surface area contributed by atoms with E-state index < -0.39 is 0 Å². The van der Waals surface area contributed by atoms with Crippen molar-refractivity contribution in [2.75, 3.05) is 26.7 Å². The van der Waals surface area contributed by atoms with Gasteiger partial charge in [0.15, 0.2) is 0 Å². The van der Waals surface area contributed by atoms with Gasteiger partial charge in [-0.3, -0.25) is 9.69 Å². The normalized spacial score (nSPS) is 10.8. The standard InChI is InChI=1S/C19H22ClFN2O2/c1-14-5-3-6-15(11-14)25-10-9-22-19(24)13-23(2)12-16-17(20)7-4-8-18(16)21/h3-8,11H,9-10,12-13H2,1-2H3,(H,22,24). The Bertz CT molecular complexity index is 704. The zero-order chi connectivity index (χ0) is 18.2. The van der Waals surface area contributed by atoms with E-state index in [0.29, 0.717) is 23.7 Å². The van der Waals surface area contributed by atoms with Crippen LogP contribution in [0.5, 0.6) is 5.75 Å². The Kier molecular flexibility index (Phi) is 7.22. The van der Waals surface area contributed by atoms with Crippen molar-refractivity contribution in [2.24, 2.45) is 0 Å². The minimum atomic E-state index is -0.369. The lowest BCUT2D eigenvalue weighted by Gasteiger charge is -2.17. The van der Waals surface area contributed by atoms with Crippen LogP contribution in [0.2, 0.25) is 5.02 Å². The highest BCUT2D eigenvalue weighted by Gasteiger charge is 2.12. The van der Waals surface area contributed by atoms with Crippen molar-refractivity contribution >= 4 is 17.5 Å². The van der Waals surface area contributed by atoms with Crippen LogP contribution in [0.1, 0.15) is 11.1 Å². The lowest BCUT2D eigenvalue weighted by molar-refractivity contribution is -0.122. The maximum atomic E-state index is 13.8. The van der Waals surface area contributed by atoms with Gasteiger partial charge >= 0.3 is 0 Å². The number of nitrogens with one attached hydrogen (secondary N) is 1. The maximum absolute atomic E-state index is 13.8. The summed E-state index contributed by atoms with van der Waals surface area (Å²) in [4.78, 5) is 13.7. The number of benzene rings is 2. The van der Waals surface area contributed by atoms with E-state index in [9.17, 15) is 9.18 Å². The average molecular weight is 365 g/mol. The molecule has 0 aromatic heterocycles. The molecule has 0 fully saturated rings. The van der Waals surface area contributed by atoms with Gasteiger partial charge in [-0.05, 0) is 43.8 Å². The Labute approximate surface area is 152 Å². The SMILES string of the molecule is Cc1cccc(OCCNC(=O)CN(C)Cc2c(F)cccc2Cl)c1. The summed E-state index contributed by atoms with van der Waals surface area (Å²) < 4.78 is 19.3. The molecular weight excluding hydrogens is 343 g/mol. The van der Waals surface area contributed by atoms with E-state index in [1.54, 1.807) is 24.1 Å². The number of halogens is 2. The predicted octanol–water partition coefficient (Wildman–Crippen LogP) is 3.41. The molecular formula is C19H22ClFN2O2. The highest BCUT2D eigenvalue weighted by Crippen LogP contribution is 2.20. The lowest BCUT2D eigenvalue weighted by atomic mass is 10.2. The first kappa shape index (κ1) is 19.2. The Morgan fingerprint density at radius 1 is 1.28 bits per heavy atom. The van der Waals surface area contributed by atoms with E-state index >= 15 is 0 Å². The van der Waals surface area contributed by atoms with Crippen LogP contribution >= 0.6 is 11.6 Å². The first-order valence-electron chi connectivity index (χ1n) is 8.03. The van der Waals surface area contributed by atoms with Crippen molar-refractivity contribution < 1.29 is 13.9 Å². The van der Waals surface area contributed by atoms with Gasteiger partial charge in [-0.2, -0.15) is 0 Å². The van der Waals surface area contributed by atoms with Gasteiger partial charge in [0.1, 0.15) is 18.2 Å². The fourth-order valence-corrected chi connectivity index (χ4v) is 2.60. The molecule has 0 aliphatic rings. The zero-order valence-electron chi connectivity index (χ0n) is 14.4. The van der Waals surface area contributed by atoms with Gasteiger partial charge in [-0.25, -0.2) is 4.39 Å². The molecule has 0 unspecified atom stereocenters. The van der Waals surface area contributed by atoms with Gasteiger partial charge in [0.2, 0.25) is 5.91 Å². The molecule has 1 amide bonds. The number of rotatable bonds is 8. The summed E-state index contributed by atoms with van der Waals surface area (Å²) in [6, 6.07) is 12.3. The van der Waals surface area contributed by atoms with Gasteiger partial charge in [-0.15, -0.1) is 0 Å². The first-order chi connectivity index (χ1) is 12.0. The Morgan fingerprint density at radius 2 is 2.04 bits per heavy atom. The number of carbonyl (C=O) groups is 1. The van der Waals surface area contributed by atoms with Crippen LogP contribution in [-0.4, -0.2) is 37.6 Å². The predicted molar refractivity (Wildman–Crippen MR) is 97.4 cm³/mol. The largest absolute Gasteiger partial charge is 0.492 e. The smallest absolute Gasteiger partial charge is 0.234 e. The van der Waals surface area contributed by atoms with Gasteiger partial charge in [0.25, 0.3) is 0 Å². The number of nitrogens with zero attached hydrogens (tertiary/aromatic N) is 1. The molecule has 0 aliphatic heterocycles. The highest BCUT2D eigenvalue weighted by molar-refractivity contribution is 6.31. The van der Waals surface area contributed by atoms with Crippen molar-refractivity contribution in [2.45, 2.75) is 13.5 Å². The minimum Gasteiger partial charge on any atom is -0.492 e. The van der Waals surface area contributed by atoms with E-state index in [1.807, 2.05) is 31.2 Å². The summed E-state index contributed by atoms with van der Waals surface area (Å²) in [5.41, 5.74) is 1.51. The summed E-state index contributed by atoms with van der Waals surface area (Å²) in [6.45, 7) is 3.19. The number of hydrogen-bond donors (Lipinski definition) is 1. The van der Waals surface area contributed by atoms with Crippen LogP contribution in [0.25, 0.3) is 0 Å². The van der Waals surface area contributed by atoms with Gasteiger partial charge in [0, 0.05) is 17.1 Å². The van der Waals surface area contributed by atoms with Gasteiger partial charge in [-0.1, -0.05) is 29.8 Å². The summed E-state index contributed by atoms with van der Waals surface area (Å²) >= 11 is 6.00. The molecule has 25 heavy (non-hydrogen) atoms. The second-order valence-electron chi connectivity index (χ2n) is 5.89. The zero-order valence-corrected chi connectivity index (χ0v) is 15.1. The van der Waals surface area contributed by atoms with E-state index in [4.69, 9.17) is 16.3 Å². The Balaban J connectivity index is 1.71. The number of aryl methyl sites for hydroxylation is 1. The van der Waals surface area contributed by atoms with Crippen molar-refractivity contribution in [3.8, 4) is 5.75 Å². The molecule has 0 bridgehead atoms. The van der Waals surface area contributed by atoms with Crippen molar-refractivity contribution in [3.05, 3.63) is 64.4 Å². The van der Waals surface area contributed by atoms with Crippen LogP contribution < -0.4 is 10.1 Å². The third-order valence-corrected chi connectivity index (χ3v) is 3.94. The lowest BCUT2D eigenvalue weighted by Crippen LogP contribution is -2.37. The second kappa shape index (κ2) is 9.39. The molecule has 0 heterocycles. The van der Waals surface area contributed by atoms with Gasteiger partial charge in [0.05, 0.1) is 13.1 Å². The number of carbonyl (C=O) groups excluding carboxylic acids is 1. The maximum Gasteiger partial charge on any atom is 0.234 e. The quantitative estimate of drug-likeness (QED) is 0.730. The topological polar surface area (TPSA) is 41.6 Å². The van der Waals surface area contributed by atoms with Crippen LogP contribution in [-0.2, 0) is 11.3 Å². The highest BCUT2D eigenvalue weighted by atomic mass is 35.5. The minimum absolute atomic E-state index is 0.148. The molecule has 2 aromatic rings. The molecule has 1 N–H and O–H groups in total.